The third-order valence-corrected chi connectivity index (χ3v) is 2.42. The van der Waals surface area contributed by atoms with Crippen LogP contribution in [-0.4, -0.2) is 6.54 Å². The standard InChI is InChI=1S/C11H14N4/c1-8-9(2)11(12)6-5-10(8)4-3-7-14-15-13/h3-6H,7,12H2,1-2H3. The van der Waals surface area contributed by atoms with Crippen LogP contribution < -0.4 is 5.73 Å². The second kappa shape index (κ2) is 5.08. The fourth-order valence-electron chi connectivity index (χ4n) is 1.31. The number of anilines is 1. The molecule has 0 saturated heterocycles. The summed E-state index contributed by atoms with van der Waals surface area (Å²) in [7, 11) is 0. The smallest absolute Gasteiger partial charge is 0.0443 e. The minimum absolute atomic E-state index is 0.374. The first-order valence-corrected chi connectivity index (χ1v) is 4.70. The van der Waals surface area contributed by atoms with Gasteiger partial charge in [0.1, 0.15) is 0 Å². The van der Waals surface area contributed by atoms with Gasteiger partial charge in [-0.15, -0.1) is 0 Å². The average Bonchev–Trinajstić information content (AvgIpc) is 2.24. The van der Waals surface area contributed by atoms with Gasteiger partial charge in [-0.2, -0.15) is 0 Å². The Hall–Kier alpha value is -1.93. The van der Waals surface area contributed by atoms with Crippen LogP contribution in [0.4, 0.5) is 5.69 Å². The molecule has 4 nitrogen and oxygen atoms in total. The van der Waals surface area contributed by atoms with Crippen molar-refractivity contribution in [3.05, 3.63) is 45.3 Å². The van der Waals surface area contributed by atoms with Crippen molar-refractivity contribution in [2.75, 3.05) is 12.3 Å². The van der Waals surface area contributed by atoms with E-state index in [9.17, 15) is 0 Å². The summed E-state index contributed by atoms with van der Waals surface area (Å²) >= 11 is 0. The maximum atomic E-state index is 8.11. The Bertz CT molecular complexity index is 428. The molecule has 0 aliphatic rings. The summed E-state index contributed by atoms with van der Waals surface area (Å²) in [6.07, 6.45) is 3.77. The molecule has 0 bridgehead atoms. The lowest BCUT2D eigenvalue weighted by Crippen LogP contribution is -1.94. The molecular weight excluding hydrogens is 188 g/mol. The second-order valence-electron chi connectivity index (χ2n) is 3.31. The molecule has 0 heterocycles. The van der Waals surface area contributed by atoms with Gasteiger partial charge in [-0.1, -0.05) is 23.3 Å². The van der Waals surface area contributed by atoms with Gasteiger partial charge in [-0.3, -0.25) is 0 Å². The SMILES string of the molecule is Cc1c(N)ccc(C=CCN=[N+]=[N-])c1C. The van der Waals surface area contributed by atoms with Crippen LogP contribution in [0, 0.1) is 13.8 Å². The fraction of sp³-hybridized carbons (Fsp3) is 0.273. The summed E-state index contributed by atoms with van der Waals surface area (Å²) < 4.78 is 0. The number of nitrogens with zero attached hydrogens (tertiary/aromatic N) is 3. The van der Waals surface area contributed by atoms with Crippen LogP contribution >= 0.6 is 0 Å². The number of benzene rings is 1. The van der Waals surface area contributed by atoms with E-state index in [1.807, 2.05) is 38.1 Å². The lowest BCUT2D eigenvalue weighted by atomic mass is 10.0. The number of nitrogen functional groups attached to an aromatic ring is 1. The van der Waals surface area contributed by atoms with Crippen LogP contribution in [0.3, 0.4) is 0 Å². The number of hydrogen-bond acceptors (Lipinski definition) is 2. The number of nitrogens with two attached hydrogens (primary N) is 1. The molecule has 1 rings (SSSR count). The monoisotopic (exact) mass is 202 g/mol. The Balaban J connectivity index is 2.91. The van der Waals surface area contributed by atoms with Gasteiger partial charge in [0.25, 0.3) is 0 Å². The third kappa shape index (κ3) is 2.76. The third-order valence-electron chi connectivity index (χ3n) is 2.42. The van der Waals surface area contributed by atoms with E-state index in [1.54, 1.807) is 0 Å². The van der Waals surface area contributed by atoms with Gasteiger partial charge in [-0.05, 0) is 42.1 Å². The molecule has 0 radical (unpaired) electrons. The molecule has 0 amide bonds. The van der Waals surface area contributed by atoms with Gasteiger partial charge in [0.2, 0.25) is 0 Å². The van der Waals surface area contributed by atoms with Gasteiger partial charge >= 0.3 is 0 Å². The summed E-state index contributed by atoms with van der Waals surface area (Å²) in [5.74, 6) is 0. The van der Waals surface area contributed by atoms with Crippen LogP contribution in [0.15, 0.2) is 23.3 Å². The van der Waals surface area contributed by atoms with Crippen molar-refractivity contribution in [2.45, 2.75) is 13.8 Å². The van der Waals surface area contributed by atoms with Crippen molar-refractivity contribution < 1.29 is 0 Å². The fourth-order valence-corrected chi connectivity index (χ4v) is 1.31. The second-order valence-corrected chi connectivity index (χ2v) is 3.31. The summed E-state index contributed by atoms with van der Waals surface area (Å²) in [4.78, 5) is 2.67. The van der Waals surface area contributed by atoms with Crippen molar-refractivity contribution in [3.63, 3.8) is 0 Å². The van der Waals surface area contributed by atoms with Crippen molar-refractivity contribution in [2.24, 2.45) is 5.11 Å². The zero-order valence-corrected chi connectivity index (χ0v) is 8.94. The number of rotatable bonds is 3. The zero-order chi connectivity index (χ0) is 11.3. The van der Waals surface area contributed by atoms with Crippen LogP contribution in [-0.2, 0) is 0 Å². The molecule has 0 saturated carbocycles. The lowest BCUT2D eigenvalue weighted by Gasteiger charge is -2.07. The quantitative estimate of drug-likeness (QED) is 0.347. The van der Waals surface area contributed by atoms with Crippen molar-refractivity contribution in [1.29, 1.82) is 0 Å². The van der Waals surface area contributed by atoms with Crippen LogP contribution in [0.1, 0.15) is 16.7 Å². The molecular formula is C11H14N4. The summed E-state index contributed by atoms with van der Waals surface area (Å²) in [6.45, 7) is 4.40. The van der Waals surface area contributed by atoms with Gasteiger partial charge in [0.05, 0.1) is 0 Å². The highest BCUT2D eigenvalue weighted by molar-refractivity contribution is 5.62. The molecule has 2 N–H and O–H groups in total. The van der Waals surface area contributed by atoms with Gasteiger partial charge in [0.15, 0.2) is 0 Å². The van der Waals surface area contributed by atoms with Crippen LogP contribution in [0.2, 0.25) is 0 Å². The molecule has 0 aromatic heterocycles. The number of hydrogen-bond donors (Lipinski definition) is 1. The molecule has 15 heavy (non-hydrogen) atoms. The van der Waals surface area contributed by atoms with Crippen LogP contribution in [0.25, 0.3) is 16.5 Å². The molecule has 0 atom stereocenters. The van der Waals surface area contributed by atoms with Crippen molar-refractivity contribution >= 4 is 11.8 Å². The van der Waals surface area contributed by atoms with E-state index in [1.165, 1.54) is 0 Å². The zero-order valence-electron chi connectivity index (χ0n) is 8.94. The van der Waals surface area contributed by atoms with Crippen molar-refractivity contribution in [3.8, 4) is 0 Å². The Labute approximate surface area is 89.0 Å². The van der Waals surface area contributed by atoms with Crippen molar-refractivity contribution in [1.82, 2.24) is 0 Å². The van der Waals surface area contributed by atoms with Gasteiger partial charge in [0, 0.05) is 17.1 Å². The first-order valence-electron chi connectivity index (χ1n) is 4.70. The molecule has 1 aromatic carbocycles. The summed E-state index contributed by atoms with van der Waals surface area (Å²) in [5.41, 5.74) is 18.1. The molecule has 78 valence electrons. The van der Waals surface area contributed by atoms with E-state index < -0.39 is 0 Å². The first kappa shape index (κ1) is 11.1. The maximum Gasteiger partial charge on any atom is 0.0443 e. The highest BCUT2D eigenvalue weighted by Gasteiger charge is 2.00. The van der Waals surface area contributed by atoms with E-state index in [2.05, 4.69) is 10.0 Å². The predicted molar refractivity (Wildman–Crippen MR) is 63.4 cm³/mol. The predicted octanol–water partition coefficient (Wildman–Crippen LogP) is 3.21. The summed E-state index contributed by atoms with van der Waals surface area (Å²) in [5, 5.41) is 3.43. The molecule has 0 unspecified atom stereocenters. The van der Waals surface area contributed by atoms with E-state index >= 15 is 0 Å². The van der Waals surface area contributed by atoms with Gasteiger partial charge in [-0.25, -0.2) is 0 Å². The maximum absolute atomic E-state index is 8.11. The normalized spacial score (nSPS) is 10.3. The van der Waals surface area contributed by atoms with E-state index in [0.29, 0.717) is 6.54 Å². The molecule has 0 aliphatic carbocycles. The lowest BCUT2D eigenvalue weighted by molar-refractivity contribution is 1.22. The van der Waals surface area contributed by atoms with Crippen LogP contribution in [0.5, 0.6) is 0 Å². The van der Waals surface area contributed by atoms with E-state index in [-0.39, 0.29) is 0 Å². The minimum atomic E-state index is 0.374. The largest absolute Gasteiger partial charge is 0.399 e. The minimum Gasteiger partial charge on any atom is -0.399 e. The Kier molecular flexibility index (Phi) is 3.77. The average molecular weight is 202 g/mol. The molecule has 0 aliphatic heterocycles. The van der Waals surface area contributed by atoms with E-state index in [4.69, 9.17) is 11.3 Å². The molecule has 1 aromatic rings. The highest BCUT2D eigenvalue weighted by Crippen LogP contribution is 2.20. The highest BCUT2D eigenvalue weighted by atomic mass is 15.1. The topological polar surface area (TPSA) is 74.8 Å². The Morgan fingerprint density at radius 1 is 1.40 bits per heavy atom. The molecule has 4 heteroatoms. The Morgan fingerprint density at radius 2 is 2.13 bits per heavy atom. The molecule has 0 fully saturated rings. The number of azide groups is 1. The van der Waals surface area contributed by atoms with E-state index in [0.717, 1.165) is 22.4 Å². The Morgan fingerprint density at radius 3 is 2.80 bits per heavy atom. The van der Waals surface area contributed by atoms with Gasteiger partial charge < -0.3 is 5.73 Å². The molecule has 0 spiro atoms. The summed E-state index contributed by atoms with van der Waals surface area (Å²) in [6, 6.07) is 3.85. The first-order chi connectivity index (χ1) is 7.16.